The second kappa shape index (κ2) is 6.48. The Morgan fingerprint density at radius 1 is 1.43 bits per heavy atom. The molecule has 82 valence electrons. The molecule has 5 nitrogen and oxygen atoms in total. The van der Waals surface area contributed by atoms with Crippen molar-refractivity contribution in [2.75, 3.05) is 19.6 Å². The van der Waals surface area contributed by atoms with Gasteiger partial charge in [0.2, 0.25) is 5.91 Å². The van der Waals surface area contributed by atoms with Gasteiger partial charge in [-0.15, -0.1) is 0 Å². The molecule has 0 aliphatic carbocycles. The molecular weight excluding hydrogens is 182 g/mol. The zero-order valence-corrected chi connectivity index (χ0v) is 8.88. The van der Waals surface area contributed by atoms with E-state index in [-0.39, 0.29) is 5.91 Å². The van der Waals surface area contributed by atoms with Gasteiger partial charge in [-0.1, -0.05) is 5.18 Å². The van der Waals surface area contributed by atoms with Gasteiger partial charge < -0.3 is 11.1 Å². The van der Waals surface area contributed by atoms with Gasteiger partial charge in [-0.3, -0.25) is 4.79 Å². The predicted octanol–water partition coefficient (Wildman–Crippen LogP) is 0.634. The lowest BCUT2D eigenvalue weighted by molar-refractivity contribution is -0.128. The normalized spacial score (nSPS) is 11.1. The second-order valence-electron chi connectivity index (χ2n) is 3.90. The molecule has 1 amide bonds. The van der Waals surface area contributed by atoms with Crippen molar-refractivity contribution in [2.24, 2.45) is 16.3 Å². The van der Waals surface area contributed by atoms with Crippen LogP contribution in [0.25, 0.3) is 0 Å². The summed E-state index contributed by atoms with van der Waals surface area (Å²) in [5.41, 5.74) is 4.93. The first kappa shape index (κ1) is 13.0. The number of rotatable bonds is 7. The van der Waals surface area contributed by atoms with E-state index >= 15 is 0 Å². The molecule has 0 aliphatic rings. The molecule has 0 radical (unpaired) electrons. The Hall–Kier alpha value is -0.970. The highest BCUT2D eigenvalue weighted by molar-refractivity contribution is 5.81. The van der Waals surface area contributed by atoms with Crippen LogP contribution in [0.2, 0.25) is 0 Å². The predicted molar refractivity (Wildman–Crippen MR) is 55.7 cm³/mol. The third kappa shape index (κ3) is 4.91. The average molecular weight is 201 g/mol. The monoisotopic (exact) mass is 201 g/mol. The Kier molecular flexibility index (Phi) is 6.03. The zero-order valence-electron chi connectivity index (χ0n) is 8.88. The maximum Gasteiger partial charge on any atom is 0.226 e. The second-order valence-corrected chi connectivity index (χ2v) is 3.90. The minimum Gasteiger partial charge on any atom is -0.356 e. The van der Waals surface area contributed by atoms with Gasteiger partial charge in [-0.2, -0.15) is 4.91 Å². The Balaban J connectivity index is 3.59. The number of nitroso groups, excluding NO2 is 1. The fraction of sp³-hybridized carbons (Fsp3) is 0.889. The van der Waals surface area contributed by atoms with Crippen LogP contribution in [0.5, 0.6) is 0 Å². The van der Waals surface area contributed by atoms with Gasteiger partial charge in [0.1, 0.15) is 0 Å². The molecule has 14 heavy (non-hydrogen) atoms. The fourth-order valence-corrected chi connectivity index (χ4v) is 0.835. The molecule has 0 saturated carbocycles. The Labute approximate surface area is 84.4 Å². The number of nitrogens with one attached hydrogen (secondary N) is 1. The van der Waals surface area contributed by atoms with Crippen molar-refractivity contribution in [1.29, 1.82) is 0 Å². The quantitative estimate of drug-likeness (QED) is 0.468. The summed E-state index contributed by atoms with van der Waals surface area (Å²) in [6, 6.07) is 0. The SMILES string of the molecule is CC(C)(CN)C(=O)NCCCCN=O. The van der Waals surface area contributed by atoms with Crippen LogP contribution in [0.3, 0.4) is 0 Å². The molecule has 5 heteroatoms. The third-order valence-corrected chi connectivity index (χ3v) is 2.09. The van der Waals surface area contributed by atoms with Crippen molar-refractivity contribution >= 4 is 5.91 Å². The molecule has 0 spiro atoms. The molecule has 0 bridgehead atoms. The van der Waals surface area contributed by atoms with Crippen LogP contribution >= 0.6 is 0 Å². The van der Waals surface area contributed by atoms with Crippen molar-refractivity contribution < 1.29 is 4.79 Å². The van der Waals surface area contributed by atoms with E-state index in [0.717, 1.165) is 6.42 Å². The van der Waals surface area contributed by atoms with Gasteiger partial charge in [-0.05, 0) is 26.7 Å². The highest BCUT2D eigenvalue weighted by Gasteiger charge is 2.24. The summed E-state index contributed by atoms with van der Waals surface area (Å²) in [6.45, 7) is 4.83. The molecule has 0 aromatic heterocycles. The van der Waals surface area contributed by atoms with E-state index in [1.54, 1.807) is 13.8 Å². The van der Waals surface area contributed by atoms with E-state index in [2.05, 4.69) is 10.5 Å². The summed E-state index contributed by atoms with van der Waals surface area (Å²) in [4.78, 5) is 21.2. The number of hydrogen-bond donors (Lipinski definition) is 2. The van der Waals surface area contributed by atoms with Crippen LogP contribution in [0.4, 0.5) is 0 Å². The molecule has 0 fully saturated rings. The van der Waals surface area contributed by atoms with E-state index in [1.807, 2.05) is 0 Å². The minimum atomic E-state index is -0.511. The zero-order chi connectivity index (χ0) is 11.0. The fourth-order valence-electron chi connectivity index (χ4n) is 0.835. The maximum atomic E-state index is 11.5. The van der Waals surface area contributed by atoms with Crippen molar-refractivity contribution in [3.63, 3.8) is 0 Å². The smallest absolute Gasteiger partial charge is 0.226 e. The van der Waals surface area contributed by atoms with Gasteiger partial charge in [-0.25, -0.2) is 0 Å². The van der Waals surface area contributed by atoms with Crippen LogP contribution in [0.15, 0.2) is 5.18 Å². The summed E-state index contributed by atoms with van der Waals surface area (Å²) in [5, 5.41) is 5.50. The van der Waals surface area contributed by atoms with Crippen molar-refractivity contribution in [3.8, 4) is 0 Å². The van der Waals surface area contributed by atoms with Gasteiger partial charge >= 0.3 is 0 Å². The number of amides is 1. The standard InChI is InChI=1S/C9H19N3O2/c1-9(2,7-10)8(13)11-5-3-4-6-12-14/h3-7,10H2,1-2H3,(H,11,13). The van der Waals surface area contributed by atoms with Crippen molar-refractivity contribution in [1.82, 2.24) is 5.32 Å². The third-order valence-electron chi connectivity index (χ3n) is 2.09. The van der Waals surface area contributed by atoms with Gasteiger partial charge in [0.05, 0.1) is 12.0 Å². The minimum absolute atomic E-state index is 0.0425. The van der Waals surface area contributed by atoms with Crippen LogP contribution in [0.1, 0.15) is 26.7 Å². The molecule has 0 heterocycles. The molecule has 0 atom stereocenters. The first-order valence-corrected chi connectivity index (χ1v) is 4.82. The number of unbranched alkanes of at least 4 members (excludes halogenated alkanes) is 1. The van der Waals surface area contributed by atoms with E-state index in [4.69, 9.17) is 5.73 Å². The molecule has 0 unspecified atom stereocenters. The Bertz CT molecular complexity index is 192. The van der Waals surface area contributed by atoms with E-state index in [9.17, 15) is 9.70 Å². The van der Waals surface area contributed by atoms with Gasteiger partial charge in [0.15, 0.2) is 0 Å². The lowest BCUT2D eigenvalue weighted by Gasteiger charge is -2.21. The lowest BCUT2D eigenvalue weighted by atomic mass is 9.93. The summed E-state index contributed by atoms with van der Waals surface area (Å²) >= 11 is 0. The molecule has 3 N–H and O–H groups in total. The Morgan fingerprint density at radius 3 is 2.57 bits per heavy atom. The van der Waals surface area contributed by atoms with E-state index in [1.165, 1.54) is 0 Å². The molecule has 0 aromatic carbocycles. The Morgan fingerprint density at radius 2 is 2.07 bits per heavy atom. The van der Waals surface area contributed by atoms with Crippen LogP contribution in [-0.4, -0.2) is 25.5 Å². The number of hydrogen-bond acceptors (Lipinski definition) is 4. The van der Waals surface area contributed by atoms with E-state index in [0.29, 0.717) is 26.1 Å². The van der Waals surface area contributed by atoms with Crippen molar-refractivity contribution in [3.05, 3.63) is 4.91 Å². The molecule has 0 rings (SSSR count). The topological polar surface area (TPSA) is 84.6 Å². The number of carbonyl (C=O) groups is 1. The molecule has 0 aromatic rings. The lowest BCUT2D eigenvalue weighted by Crippen LogP contribution is -2.42. The highest BCUT2D eigenvalue weighted by atomic mass is 16.3. The van der Waals surface area contributed by atoms with E-state index < -0.39 is 5.41 Å². The first-order chi connectivity index (χ1) is 6.54. The molecular formula is C9H19N3O2. The summed E-state index contributed by atoms with van der Waals surface area (Å²) < 4.78 is 0. The number of nitrogens with zero attached hydrogens (tertiary/aromatic N) is 1. The molecule has 0 aliphatic heterocycles. The largest absolute Gasteiger partial charge is 0.356 e. The summed E-state index contributed by atoms with van der Waals surface area (Å²) in [7, 11) is 0. The van der Waals surface area contributed by atoms with Crippen LogP contribution in [-0.2, 0) is 4.79 Å². The van der Waals surface area contributed by atoms with Gasteiger partial charge in [0, 0.05) is 13.1 Å². The summed E-state index contributed by atoms with van der Waals surface area (Å²) in [6.07, 6.45) is 1.49. The number of nitrogens with two attached hydrogens (primary N) is 1. The highest BCUT2D eigenvalue weighted by Crippen LogP contribution is 2.11. The van der Waals surface area contributed by atoms with Gasteiger partial charge in [0.25, 0.3) is 0 Å². The molecule has 0 saturated heterocycles. The first-order valence-electron chi connectivity index (χ1n) is 4.82. The maximum absolute atomic E-state index is 11.5. The van der Waals surface area contributed by atoms with Crippen LogP contribution < -0.4 is 11.1 Å². The van der Waals surface area contributed by atoms with Crippen molar-refractivity contribution in [2.45, 2.75) is 26.7 Å². The number of carbonyl (C=O) groups excluding carboxylic acids is 1. The van der Waals surface area contributed by atoms with Crippen LogP contribution in [0, 0.1) is 10.3 Å². The summed E-state index contributed by atoms with van der Waals surface area (Å²) in [5.74, 6) is -0.0425. The average Bonchev–Trinajstić information content (AvgIpc) is 2.17.